The molecule has 1 aliphatic heterocycles. The summed E-state index contributed by atoms with van der Waals surface area (Å²) in [5.41, 5.74) is 0. The van der Waals surface area contributed by atoms with Gasteiger partial charge < -0.3 is 5.32 Å². The third-order valence-electron chi connectivity index (χ3n) is 0.686. The molecule has 1 heterocycles. The first kappa shape index (κ1) is 5.38. The van der Waals surface area contributed by atoms with Crippen LogP contribution in [0.2, 0.25) is 0 Å². The molecule has 40 valence electrons. The van der Waals surface area contributed by atoms with Gasteiger partial charge in [0.2, 0.25) is 5.95 Å². The van der Waals surface area contributed by atoms with Gasteiger partial charge in [-0.2, -0.15) is 4.39 Å². The smallest absolute Gasteiger partial charge is 0.205 e. The van der Waals surface area contributed by atoms with Gasteiger partial charge in [0.05, 0.1) is 0 Å². The molecule has 0 spiro atoms. The lowest BCUT2D eigenvalue weighted by molar-refractivity contribution is 0.496. The minimum Gasteiger partial charge on any atom is -0.344 e. The van der Waals surface area contributed by atoms with Crippen molar-refractivity contribution >= 4 is 27.5 Å². The second-order valence-electron chi connectivity index (χ2n) is 1.17. The number of nitrogens with one attached hydrogen (secondary N) is 1. The zero-order valence-electron chi connectivity index (χ0n) is 3.21. The van der Waals surface area contributed by atoms with Gasteiger partial charge in [0.1, 0.15) is 9.98 Å². The molecule has 0 aromatic rings. The topological polar surface area (TPSA) is 12.0 Å². The van der Waals surface area contributed by atoms with Crippen molar-refractivity contribution in [3.8, 4) is 0 Å². The molecule has 1 N–H and O–H groups in total. The number of halogens is 3. The summed E-state index contributed by atoms with van der Waals surface area (Å²) < 4.78 is 11.8. The molecule has 0 saturated carbocycles. The summed E-state index contributed by atoms with van der Waals surface area (Å²) in [4.78, 5) is -0.158. The normalized spacial score (nSPS) is 29.3. The van der Waals surface area contributed by atoms with Gasteiger partial charge in [-0.3, -0.25) is 0 Å². The second-order valence-corrected chi connectivity index (χ2v) is 2.49. The number of hydrogen-bond donors (Lipinski definition) is 1. The van der Waals surface area contributed by atoms with Gasteiger partial charge in [0.25, 0.3) is 0 Å². The molecule has 0 amide bonds. The maximum Gasteiger partial charge on any atom is 0.205 e. The van der Waals surface area contributed by atoms with Crippen LogP contribution in [-0.2, 0) is 0 Å². The minimum absolute atomic E-state index is 0.158. The fourth-order valence-electron chi connectivity index (χ4n) is 0.277. The Bertz CT molecular complexity index is 124. The van der Waals surface area contributed by atoms with Crippen molar-refractivity contribution in [1.29, 1.82) is 0 Å². The fourth-order valence-corrected chi connectivity index (χ4v) is 0.788. The summed E-state index contributed by atoms with van der Waals surface area (Å²) in [6.07, 6.45) is 0. The van der Waals surface area contributed by atoms with Gasteiger partial charge in [0, 0.05) is 0 Å². The summed E-state index contributed by atoms with van der Waals surface area (Å²) >= 11 is 8.27. The molecule has 0 fully saturated rings. The minimum atomic E-state index is -0.427. The summed E-state index contributed by atoms with van der Waals surface area (Å²) in [5.74, 6) is -0.427. The molecular formula is C3H2BrClFN. The Labute approximate surface area is 53.7 Å². The van der Waals surface area contributed by atoms with Gasteiger partial charge in [-0.25, -0.2) is 0 Å². The van der Waals surface area contributed by atoms with Crippen molar-refractivity contribution in [2.75, 3.05) is 0 Å². The zero-order valence-corrected chi connectivity index (χ0v) is 5.55. The molecule has 0 aliphatic carbocycles. The van der Waals surface area contributed by atoms with E-state index >= 15 is 0 Å². The molecule has 0 radical (unpaired) electrons. The van der Waals surface area contributed by atoms with E-state index in [1.54, 1.807) is 0 Å². The molecule has 1 atom stereocenters. The third kappa shape index (κ3) is 0.749. The van der Waals surface area contributed by atoms with Crippen LogP contribution in [0.5, 0.6) is 0 Å². The van der Waals surface area contributed by atoms with Crippen molar-refractivity contribution < 1.29 is 4.39 Å². The van der Waals surface area contributed by atoms with Crippen LogP contribution < -0.4 is 5.32 Å². The first-order valence-electron chi connectivity index (χ1n) is 1.67. The molecule has 0 bridgehead atoms. The summed E-state index contributed by atoms with van der Waals surface area (Å²) in [7, 11) is 0. The van der Waals surface area contributed by atoms with E-state index < -0.39 is 5.95 Å². The maximum absolute atomic E-state index is 11.8. The first-order chi connectivity index (χ1) is 3.22. The Balaban J connectivity index is 2.65. The predicted molar refractivity (Wildman–Crippen MR) is 29.8 cm³/mol. The fraction of sp³-hybridized carbons (Fsp3) is 0.333. The van der Waals surface area contributed by atoms with Crippen molar-refractivity contribution in [2.45, 2.75) is 4.95 Å². The molecule has 0 unspecified atom stereocenters. The Kier molecular flexibility index (Phi) is 1.26. The van der Waals surface area contributed by atoms with Crippen LogP contribution in [0.1, 0.15) is 0 Å². The molecule has 7 heavy (non-hydrogen) atoms. The molecular weight excluding hydrogens is 184 g/mol. The molecule has 1 aliphatic rings. The van der Waals surface area contributed by atoms with E-state index in [-0.39, 0.29) is 9.98 Å². The van der Waals surface area contributed by atoms with Crippen molar-refractivity contribution in [3.63, 3.8) is 0 Å². The van der Waals surface area contributed by atoms with Crippen LogP contribution in [0.3, 0.4) is 0 Å². The van der Waals surface area contributed by atoms with Gasteiger partial charge in [-0.05, 0) is 0 Å². The van der Waals surface area contributed by atoms with Crippen LogP contribution in [-0.4, -0.2) is 4.95 Å². The lowest BCUT2D eigenvalue weighted by atomic mass is 10.4. The van der Waals surface area contributed by atoms with Gasteiger partial charge >= 0.3 is 0 Å². The van der Waals surface area contributed by atoms with E-state index in [1.807, 2.05) is 0 Å². The van der Waals surface area contributed by atoms with Crippen LogP contribution in [0.4, 0.5) is 4.39 Å². The van der Waals surface area contributed by atoms with Crippen molar-refractivity contribution in [3.05, 3.63) is 11.0 Å². The Morgan fingerprint density at radius 2 is 2.43 bits per heavy atom. The Morgan fingerprint density at radius 3 is 2.43 bits per heavy atom. The van der Waals surface area contributed by atoms with Gasteiger partial charge in [-0.15, -0.1) is 0 Å². The number of hydrogen-bond acceptors (Lipinski definition) is 1. The summed E-state index contributed by atoms with van der Waals surface area (Å²) in [5, 5.41) is 2.58. The molecule has 1 rings (SSSR count). The van der Waals surface area contributed by atoms with Crippen LogP contribution >= 0.6 is 27.5 Å². The summed E-state index contributed by atoms with van der Waals surface area (Å²) in [6.45, 7) is 0. The van der Waals surface area contributed by atoms with E-state index in [9.17, 15) is 4.39 Å². The number of rotatable bonds is 0. The standard InChI is InChI=1S/C3H2BrClFN/c4-2-1(5)3(6)7-2/h2,7H/t2-/m0/s1. The van der Waals surface area contributed by atoms with E-state index in [0.29, 0.717) is 0 Å². The highest BCUT2D eigenvalue weighted by Crippen LogP contribution is 2.27. The second kappa shape index (κ2) is 1.63. The average molecular weight is 186 g/mol. The molecule has 0 aromatic heterocycles. The largest absolute Gasteiger partial charge is 0.344 e. The number of alkyl halides is 1. The van der Waals surface area contributed by atoms with E-state index in [4.69, 9.17) is 11.6 Å². The lowest BCUT2D eigenvalue weighted by Crippen LogP contribution is -2.32. The van der Waals surface area contributed by atoms with Crippen LogP contribution in [0.15, 0.2) is 11.0 Å². The SMILES string of the molecule is FC1=C(Cl)[C@@H](Br)N1. The molecule has 0 saturated heterocycles. The van der Waals surface area contributed by atoms with E-state index in [1.165, 1.54) is 0 Å². The lowest BCUT2D eigenvalue weighted by Gasteiger charge is -2.20. The van der Waals surface area contributed by atoms with Crippen molar-refractivity contribution in [2.24, 2.45) is 0 Å². The highest BCUT2D eigenvalue weighted by molar-refractivity contribution is 9.09. The van der Waals surface area contributed by atoms with Crippen molar-refractivity contribution in [1.82, 2.24) is 5.32 Å². The average Bonchev–Trinajstić information content (AvgIpc) is 1.68. The summed E-state index contributed by atoms with van der Waals surface area (Å²) in [6, 6.07) is 0. The highest BCUT2D eigenvalue weighted by atomic mass is 79.9. The Hall–Kier alpha value is 0.240. The zero-order chi connectivity index (χ0) is 5.44. The third-order valence-corrected chi connectivity index (χ3v) is 2.02. The first-order valence-corrected chi connectivity index (χ1v) is 2.97. The molecule has 4 heteroatoms. The molecule has 0 aromatic carbocycles. The Morgan fingerprint density at radius 1 is 1.86 bits per heavy atom. The maximum atomic E-state index is 11.8. The van der Waals surface area contributed by atoms with Crippen LogP contribution in [0, 0.1) is 0 Å². The monoisotopic (exact) mass is 185 g/mol. The van der Waals surface area contributed by atoms with Gasteiger partial charge in [0.15, 0.2) is 0 Å². The van der Waals surface area contributed by atoms with E-state index in [2.05, 4.69) is 21.2 Å². The van der Waals surface area contributed by atoms with E-state index in [0.717, 1.165) is 0 Å². The molecule has 1 nitrogen and oxygen atoms in total. The quantitative estimate of drug-likeness (QED) is 0.448. The van der Waals surface area contributed by atoms with Gasteiger partial charge in [-0.1, -0.05) is 27.5 Å². The van der Waals surface area contributed by atoms with Crippen LogP contribution in [0.25, 0.3) is 0 Å². The predicted octanol–water partition coefficient (Wildman–Crippen LogP) is 1.69. The highest BCUT2D eigenvalue weighted by Gasteiger charge is 2.24.